The Morgan fingerprint density at radius 3 is 2.63 bits per heavy atom. The zero-order valence-electron chi connectivity index (χ0n) is 18.1. The molecule has 0 radical (unpaired) electrons. The van der Waals surface area contributed by atoms with Crippen molar-refractivity contribution in [1.82, 2.24) is 4.98 Å². The summed E-state index contributed by atoms with van der Waals surface area (Å²) in [4.78, 5) is 27.1. The van der Waals surface area contributed by atoms with E-state index >= 15 is 0 Å². The van der Waals surface area contributed by atoms with Crippen LogP contribution in [0.3, 0.4) is 0 Å². The lowest BCUT2D eigenvalue weighted by Gasteiger charge is -2.07. The second-order valence-corrected chi connectivity index (χ2v) is 9.78. The average Bonchev–Trinajstić information content (AvgIpc) is 3.50. The molecule has 13 heteroatoms. The molecule has 0 aliphatic heterocycles. The Morgan fingerprint density at radius 2 is 1.94 bits per heavy atom. The fourth-order valence-corrected chi connectivity index (χ4v) is 4.77. The van der Waals surface area contributed by atoms with E-state index in [0.29, 0.717) is 11.4 Å². The number of carbonyl (C=O) groups is 1. The Kier molecular flexibility index (Phi) is 6.80. The van der Waals surface area contributed by atoms with Crippen LogP contribution in [0.4, 0.5) is 16.5 Å². The molecule has 0 bridgehead atoms. The number of aryl methyl sites for hydroxylation is 1. The molecule has 35 heavy (non-hydrogen) atoms. The zero-order valence-corrected chi connectivity index (χ0v) is 19.8. The minimum absolute atomic E-state index is 0.00771. The lowest BCUT2D eigenvalue weighted by molar-refractivity contribution is -0.386. The van der Waals surface area contributed by atoms with Crippen molar-refractivity contribution in [2.24, 2.45) is 0 Å². The number of anilines is 2. The topological polar surface area (TPSA) is 154 Å². The van der Waals surface area contributed by atoms with Gasteiger partial charge < -0.3 is 14.5 Å². The number of ether oxygens (including phenoxy) is 1. The molecule has 2 heterocycles. The second kappa shape index (κ2) is 9.95. The third kappa shape index (κ3) is 5.83. The number of carbonyl (C=O) groups excluding carboxylic acids is 1. The molecule has 0 saturated carbocycles. The molecule has 2 aromatic carbocycles. The van der Waals surface area contributed by atoms with Crippen molar-refractivity contribution in [1.29, 1.82) is 0 Å². The third-order valence-electron chi connectivity index (χ3n) is 4.64. The van der Waals surface area contributed by atoms with Crippen LogP contribution in [0.2, 0.25) is 0 Å². The number of thiazole rings is 1. The molecule has 0 fully saturated rings. The largest absolute Gasteiger partial charge is 0.479 e. The van der Waals surface area contributed by atoms with Crippen molar-refractivity contribution in [3.63, 3.8) is 0 Å². The molecule has 11 nitrogen and oxygen atoms in total. The van der Waals surface area contributed by atoms with E-state index in [9.17, 15) is 23.3 Å². The minimum atomic E-state index is -3.81. The molecule has 4 rings (SSSR count). The number of nitrogens with one attached hydrogen (secondary N) is 2. The number of furan rings is 1. The highest BCUT2D eigenvalue weighted by Crippen LogP contribution is 2.28. The number of nitrogens with zero attached hydrogens (tertiary/aromatic N) is 2. The van der Waals surface area contributed by atoms with Gasteiger partial charge in [-0.3, -0.25) is 19.6 Å². The summed E-state index contributed by atoms with van der Waals surface area (Å²) in [7, 11) is -3.81. The average molecular weight is 515 g/mol. The molecule has 0 spiro atoms. The number of rotatable bonds is 9. The van der Waals surface area contributed by atoms with Crippen LogP contribution in [-0.4, -0.2) is 24.2 Å². The Balaban J connectivity index is 1.37. The van der Waals surface area contributed by atoms with E-state index in [1.807, 2.05) is 0 Å². The SMILES string of the molecule is Cc1ccc(OCc2ccc(C(=O)Nc3ccc(S(=O)(=O)Nc4nccs4)cc3)o2)c([N+](=O)[O-])c1. The quantitative estimate of drug-likeness (QED) is 0.243. The van der Waals surface area contributed by atoms with Crippen molar-refractivity contribution >= 4 is 43.8 Å². The standard InChI is InChI=1S/C22H18N4O7S2/c1-14-2-8-19(18(12-14)26(28)29)32-13-16-5-9-20(33-16)21(27)24-15-3-6-17(7-4-15)35(30,31)25-22-23-10-11-34-22/h2-12H,13H2,1H3,(H,23,25)(H,24,27). The maximum Gasteiger partial charge on any atom is 0.311 e. The van der Waals surface area contributed by atoms with E-state index in [1.54, 1.807) is 18.4 Å². The van der Waals surface area contributed by atoms with E-state index < -0.39 is 20.9 Å². The van der Waals surface area contributed by atoms with E-state index in [-0.39, 0.29) is 33.8 Å². The van der Waals surface area contributed by atoms with Crippen LogP contribution in [0.25, 0.3) is 0 Å². The van der Waals surface area contributed by atoms with Gasteiger partial charge in [-0.15, -0.1) is 11.3 Å². The Labute approximate surface area is 203 Å². The number of hydrogen-bond donors (Lipinski definition) is 2. The molecular weight excluding hydrogens is 496 g/mol. The fourth-order valence-electron chi connectivity index (χ4n) is 2.98. The summed E-state index contributed by atoms with van der Waals surface area (Å²) < 4.78 is 38.1. The Hall–Kier alpha value is -4.23. The second-order valence-electron chi connectivity index (χ2n) is 7.20. The first kappa shape index (κ1) is 23.9. The number of amides is 1. The van der Waals surface area contributed by atoms with E-state index in [2.05, 4.69) is 15.0 Å². The molecule has 4 aromatic rings. The Bertz CT molecular complexity index is 1460. The summed E-state index contributed by atoms with van der Waals surface area (Å²) in [5.74, 6) is -0.194. The van der Waals surface area contributed by atoms with Crippen molar-refractivity contribution in [3.05, 3.63) is 93.4 Å². The van der Waals surface area contributed by atoms with Crippen molar-refractivity contribution < 1.29 is 27.3 Å². The third-order valence-corrected chi connectivity index (χ3v) is 6.82. The van der Waals surface area contributed by atoms with E-state index in [4.69, 9.17) is 9.15 Å². The van der Waals surface area contributed by atoms with E-state index in [0.717, 1.165) is 16.9 Å². The van der Waals surface area contributed by atoms with Gasteiger partial charge in [0.25, 0.3) is 15.9 Å². The molecule has 2 N–H and O–H groups in total. The summed E-state index contributed by atoms with van der Waals surface area (Å²) in [5, 5.41) is 15.7. The molecule has 0 aliphatic carbocycles. The van der Waals surface area contributed by atoms with Crippen molar-refractivity contribution in [3.8, 4) is 5.75 Å². The summed E-state index contributed by atoms with van der Waals surface area (Å²) >= 11 is 1.15. The molecule has 0 saturated heterocycles. The lowest BCUT2D eigenvalue weighted by atomic mass is 10.2. The van der Waals surface area contributed by atoms with Crippen LogP contribution >= 0.6 is 11.3 Å². The number of nitro benzene ring substituents is 1. The zero-order chi connectivity index (χ0) is 25.0. The Morgan fingerprint density at radius 1 is 1.17 bits per heavy atom. The predicted molar refractivity (Wildman–Crippen MR) is 128 cm³/mol. The first-order valence-corrected chi connectivity index (χ1v) is 12.4. The van der Waals surface area contributed by atoms with Crippen LogP contribution in [-0.2, 0) is 16.6 Å². The van der Waals surface area contributed by atoms with Crippen LogP contribution in [0.5, 0.6) is 5.75 Å². The molecule has 2 aromatic heterocycles. The summed E-state index contributed by atoms with van der Waals surface area (Å²) in [6.45, 7) is 1.62. The van der Waals surface area contributed by atoms with Gasteiger partial charge in [0.05, 0.1) is 9.82 Å². The van der Waals surface area contributed by atoms with Crippen LogP contribution in [0, 0.1) is 17.0 Å². The van der Waals surface area contributed by atoms with Gasteiger partial charge in [-0.05, 0) is 55.0 Å². The van der Waals surface area contributed by atoms with E-state index in [1.165, 1.54) is 54.7 Å². The first-order valence-electron chi connectivity index (χ1n) is 10.0. The predicted octanol–water partition coefficient (Wildman–Crippen LogP) is 4.58. The van der Waals surface area contributed by atoms with Crippen LogP contribution < -0.4 is 14.8 Å². The fraction of sp³-hybridized carbons (Fsp3) is 0.0909. The van der Waals surface area contributed by atoms with Gasteiger partial charge in [0.2, 0.25) is 0 Å². The first-order chi connectivity index (χ1) is 16.7. The maximum absolute atomic E-state index is 12.5. The highest BCUT2D eigenvalue weighted by atomic mass is 32.2. The van der Waals surface area contributed by atoms with Gasteiger partial charge in [-0.25, -0.2) is 13.4 Å². The molecule has 0 atom stereocenters. The molecule has 0 unspecified atom stereocenters. The summed E-state index contributed by atoms with van der Waals surface area (Å²) in [6.07, 6.45) is 1.49. The highest BCUT2D eigenvalue weighted by Gasteiger charge is 2.18. The van der Waals surface area contributed by atoms with Crippen molar-refractivity contribution in [2.75, 3.05) is 10.0 Å². The van der Waals surface area contributed by atoms with Gasteiger partial charge in [-0.2, -0.15) is 0 Å². The lowest BCUT2D eigenvalue weighted by Crippen LogP contribution is -2.13. The molecule has 0 aliphatic rings. The maximum atomic E-state index is 12.5. The summed E-state index contributed by atoms with van der Waals surface area (Å²) in [6, 6.07) is 13.1. The monoisotopic (exact) mass is 514 g/mol. The number of nitro groups is 1. The van der Waals surface area contributed by atoms with Gasteiger partial charge in [0.15, 0.2) is 16.6 Å². The highest BCUT2D eigenvalue weighted by molar-refractivity contribution is 7.93. The van der Waals surface area contributed by atoms with Gasteiger partial charge in [0, 0.05) is 23.3 Å². The summed E-state index contributed by atoms with van der Waals surface area (Å²) in [5.41, 5.74) is 0.914. The number of sulfonamides is 1. The van der Waals surface area contributed by atoms with Gasteiger partial charge >= 0.3 is 5.69 Å². The number of aromatic nitrogens is 1. The smallest absolute Gasteiger partial charge is 0.311 e. The normalized spacial score (nSPS) is 11.1. The number of hydrogen-bond acceptors (Lipinski definition) is 9. The van der Waals surface area contributed by atoms with Gasteiger partial charge in [0.1, 0.15) is 12.4 Å². The molecule has 180 valence electrons. The van der Waals surface area contributed by atoms with Crippen LogP contribution in [0.15, 0.2) is 75.5 Å². The minimum Gasteiger partial charge on any atom is -0.479 e. The van der Waals surface area contributed by atoms with Crippen LogP contribution in [0.1, 0.15) is 21.9 Å². The van der Waals surface area contributed by atoms with Crippen molar-refractivity contribution in [2.45, 2.75) is 18.4 Å². The number of benzene rings is 2. The molecular formula is C22H18N4O7S2. The molecule has 1 amide bonds. The van der Waals surface area contributed by atoms with Gasteiger partial charge in [-0.1, -0.05) is 6.07 Å².